The molecule has 0 heterocycles. The van der Waals surface area contributed by atoms with E-state index in [1.54, 1.807) is 0 Å². The van der Waals surface area contributed by atoms with Crippen molar-refractivity contribution < 1.29 is 17.9 Å². The monoisotopic (exact) mass is 273 g/mol. The summed E-state index contributed by atoms with van der Waals surface area (Å²) in [6, 6.07) is 5.48. The van der Waals surface area contributed by atoms with Crippen molar-refractivity contribution in [3.63, 3.8) is 0 Å². The molecule has 1 aliphatic carbocycles. The Balaban J connectivity index is 1.75. The van der Waals surface area contributed by atoms with Crippen LogP contribution in [0.25, 0.3) is 0 Å². The Morgan fingerprint density at radius 2 is 1.89 bits per heavy atom. The average molecular weight is 273 g/mol. The molecule has 106 valence electrons. The van der Waals surface area contributed by atoms with Crippen LogP contribution in [-0.2, 0) is 6.18 Å². The third-order valence-corrected chi connectivity index (χ3v) is 3.05. The number of alkyl halides is 3. The molecule has 0 bridgehead atoms. The van der Waals surface area contributed by atoms with E-state index >= 15 is 0 Å². The van der Waals surface area contributed by atoms with E-state index in [0.717, 1.165) is 18.7 Å². The summed E-state index contributed by atoms with van der Waals surface area (Å²) in [4.78, 5) is 0. The first-order valence-corrected chi connectivity index (χ1v) is 6.48. The lowest BCUT2D eigenvalue weighted by Gasteiger charge is -2.14. The van der Waals surface area contributed by atoms with Gasteiger partial charge < -0.3 is 10.1 Å². The smallest absolute Gasteiger partial charge is 0.416 e. The Kier molecular flexibility index (Phi) is 4.34. The zero-order valence-corrected chi connectivity index (χ0v) is 10.8. The Bertz CT molecular complexity index is 398. The van der Waals surface area contributed by atoms with Crippen LogP contribution < -0.4 is 10.1 Å². The molecule has 0 saturated heterocycles. The summed E-state index contributed by atoms with van der Waals surface area (Å²) in [5, 5.41) is 3.39. The molecule has 1 unspecified atom stereocenters. The highest BCUT2D eigenvalue weighted by atomic mass is 19.4. The van der Waals surface area contributed by atoms with Gasteiger partial charge >= 0.3 is 6.18 Å². The van der Waals surface area contributed by atoms with Gasteiger partial charge in [0.05, 0.1) is 12.2 Å². The second kappa shape index (κ2) is 5.82. The first-order chi connectivity index (χ1) is 8.95. The first kappa shape index (κ1) is 14.2. The van der Waals surface area contributed by atoms with Gasteiger partial charge in [0.25, 0.3) is 0 Å². The maximum atomic E-state index is 12.4. The van der Waals surface area contributed by atoms with Crippen molar-refractivity contribution in [2.45, 2.75) is 32.0 Å². The molecule has 2 nitrogen and oxygen atoms in total. The number of hydrogen-bond donors (Lipinski definition) is 1. The first-order valence-electron chi connectivity index (χ1n) is 6.48. The molecule has 0 amide bonds. The Labute approximate surface area is 111 Å². The summed E-state index contributed by atoms with van der Waals surface area (Å²) in [5.74, 6) is 0.814. The zero-order chi connectivity index (χ0) is 13.9. The largest absolute Gasteiger partial charge is 0.493 e. The molecule has 0 spiro atoms. The Morgan fingerprint density at radius 1 is 1.26 bits per heavy atom. The van der Waals surface area contributed by atoms with Gasteiger partial charge in [-0.2, -0.15) is 13.2 Å². The summed E-state index contributed by atoms with van der Waals surface area (Å²) in [6.07, 6.45) is -1.81. The molecule has 0 radical (unpaired) electrons. The lowest BCUT2D eigenvalue weighted by atomic mass is 10.2. The molecule has 1 aromatic carbocycles. The molecule has 0 aliphatic heterocycles. The molecule has 2 rings (SSSR count). The summed E-state index contributed by atoms with van der Waals surface area (Å²) >= 11 is 0. The molecule has 5 heteroatoms. The van der Waals surface area contributed by atoms with Crippen molar-refractivity contribution >= 4 is 0 Å². The Morgan fingerprint density at radius 3 is 2.42 bits per heavy atom. The number of benzene rings is 1. The summed E-state index contributed by atoms with van der Waals surface area (Å²) in [5.41, 5.74) is -0.650. The minimum Gasteiger partial charge on any atom is -0.493 e. The molecule has 19 heavy (non-hydrogen) atoms. The molecule has 1 fully saturated rings. The van der Waals surface area contributed by atoms with Gasteiger partial charge in [-0.1, -0.05) is 6.92 Å². The van der Waals surface area contributed by atoms with Gasteiger partial charge in [-0.15, -0.1) is 0 Å². The Hall–Kier alpha value is -1.23. The van der Waals surface area contributed by atoms with Crippen molar-refractivity contribution in [3.05, 3.63) is 29.8 Å². The molecule has 1 saturated carbocycles. The predicted octanol–water partition coefficient (Wildman–Crippen LogP) is 3.47. The molecular formula is C14H18F3NO. The topological polar surface area (TPSA) is 21.3 Å². The van der Waals surface area contributed by atoms with Gasteiger partial charge in [-0.3, -0.25) is 0 Å². The summed E-state index contributed by atoms with van der Waals surface area (Å²) in [7, 11) is 0. The number of rotatable bonds is 6. The van der Waals surface area contributed by atoms with E-state index in [4.69, 9.17) is 4.74 Å². The van der Waals surface area contributed by atoms with E-state index in [9.17, 15) is 13.2 Å². The van der Waals surface area contributed by atoms with Crippen molar-refractivity contribution in [1.29, 1.82) is 0 Å². The third kappa shape index (κ3) is 4.74. The van der Waals surface area contributed by atoms with E-state index in [2.05, 4.69) is 12.2 Å². The normalized spacial score (nSPS) is 17.3. The molecule has 1 aromatic rings. The van der Waals surface area contributed by atoms with Gasteiger partial charge in [-0.05, 0) is 37.1 Å². The predicted molar refractivity (Wildman–Crippen MR) is 67.1 cm³/mol. The van der Waals surface area contributed by atoms with E-state index in [0.29, 0.717) is 24.3 Å². The number of halogens is 3. The highest BCUT2D eigenvalue weighted by Crippen LogP contribution is 2.30. The van der Waals surface area contributed by atoms with Crippen molar-refractivity contribution in [1.82, 2.24) is 5.32 Å². The van der Waals surface area contributed by atoms with Crippen LogP contribution in [-0.4, -0.2) is 19.2 Å². The van der Waals surface area contributed by atoms with Gasteiger partial charge in [0, 0.05) is 18.5 Å². The lowest BCUT2D eigenvalue weighted by molar-refractivity contribution is -0.137. The fraction of sp³-hybridized carbons (Fsp3) is 0.571. The SMILES string of the molecule is CC(CNC1CC1)COc1ccc(C(F)(F)F)cc1. The quantitative estimate of drug-likeness (QED) is 0.857. The molecule has 1 N–H and O–H groups in total. The second-order valence-electron chi connectivity index (χ2n) is 5.12. The number of ether oxygens (including phenoxy) is 1. The molecular weight excluding hydrogens is 255 g/mol. The minimum absolute atomic E-state index is 0.336. The van der Waals surface area contributed by atoms with Crippen molar-refractivity contribution in [3.8, 4) is 5.75 Å². The van der Waals surface area contributed by atoms with Crippen molar-refractivity contribution in [2.24, 2.45) is 5.92 Å². The average Bonchev–Trinajstić information content (AvgIpc) is 3.17. The van der Waals surface area contributed by atoms with E-state index in [-0.39, 0.29) is 0 Å². The minimum atomic E-state index is -4.29. The van der Waals surface area contributed by atoms with Crippen LogP contribution in [0.5, 0.6) is 5.75 Å². The van der Waals surface area contributed by atoms with Crippen LogP contribution in [0.4, 0.5) is 13.2 Å². The maximum absolute atomic E-state index is 12.4. The van der Waals surface area contributed by atoms with Crippen LogP contribution in [0.15, 0.2) is 24.3 Å². The van der Waals surface area contributed by atoms with Gasteiger partial charge in [0.15, 0.2) is 0 Å². The van der Waals surface area contributed by atoms with Crippen LogP contribution in [0, 0.1) is 5.92 Å². The van der Waals surface area contributed by atoms with E-state index in [1.165, 1.54) is 25.0 Å². The summed E-state index contributed by atoms with van der Waals surface area (Å²) < 4.78 is 42.6. The zero-order valence-electron chi connectivity index (χ0n) is 10.8. The van der Waals surface area contributed by atoms with Crippen LogP contribution in [0.2, 0.25) is 0 Å². The fourth-order valence-electron chi connectivity index (χ4n) is 1.69. The second-order valence-corrected chi connectivity index (χ2v) is 5.12. The van der Waals surface area contributed by atoms with Gasteiger partial charge in [0.1, 0.15) is 5.75 Å². The maximum Gasteiger partial charge on any atom is 0.416 e. The van der Waals surface area contributed by atoms with Crippen LogP contribution in [0.1, 0.15) is 25.3 Å². The van der Waals surface area contributed by atoms with Crippen LogP contribution in [0.3, 0.4) is 0 Å². The van der Waals surface area contributed by atoms with Gasteiger partial charge in [0.2, 0.25) is 0 Å². The number of nitrogens with one attached hydrogen (secondary N) is 1. The number of hydrogen-bond acceptors (Lipinski definition) is 2. The highest BCUT2D eigenvalue weighted by molar-refractivity contribution is 5.28. The fourth-order valence-corrected chi connectivity index (χ4v) is 1.69. The third-order valence-electron chi connectivity index (χ3n) is 3.05. The molecule has 0 aromatic heterocycles. The van der Waals surface area contributed by atoms with E-state index in [1.807, 2.05) is 0 Å². The van der Waals surface area contributed by atoms with Gasteiger partial charge in [-0.25, -0.2) is 0 Å². The standard InChI is InChI=1S/C14H18F3NO/c1-10(8-18-12-4-5-12)9-19-13-6-2-11(3-7-13)14(15,16)17/h2-3,6-7,10,12,18H,4-5,8-9H2,1H3. The summed E-state index contributed by atoms with van der Waals surface area (Å²) in [6.45, 7) is 3.44. The van der Waals surface area contributed by atoms with Crippen LogP contribution >= 0.6 is 0 Å². The van der Waals surface area contributed by atoms with Crippen molar-refractivity contribution in [2.75, 3.05) is 13.2 Å². The van der Waals surface area contributed by atoms with E-state index < -0.39 is 11.7 Å². The molecule has 1 atom stereocenters. The molecule has 1 aliphatic rings. The highest BCUT2D eigenvalue weighted by Gasteiger charge is 2.30. The lowest BCUT2D eigenvalue weighted by Crippen LogP contribution is -2.26.